The summed E-state index contributed by atoms with van der Waals surface area (Å²) in [4.78, 5) is 10.1. The maximum absolute atomic E-state index is 10.5. The van der Waals surface area contributed by atoms with Gasteiger partial charge in [0.15, 0.2) is 0 Å². The molecular formula is C13H14N2O3S. The third-order valence-electron chi connectivity index (χ3n) is 2.67. The summed E-state index contributed by atoms with van der Waals surface area (Å²) < 4.78 is 0. The molecule has 19 heavy (non-hydrogen) atoms. The zero-order valence-corrected chi connectivity index (χ0v) is 11.0. The van der Waals surface area contributed by atoms with E-state index in [1.165, 1.54) is 0 Å². The number of nitro groups is 1. The number of benzene rings is 1. The second kappa shape index (κ2) is 6.42. The van der Waals surface area contributed by atoms with Crippen molar-refractivity contribution < 1.29 is 10.0 Å². The van der Waals surface area contributed by atoms with Crippen LogP contribution in [0.5, 0.6) is 0 Å². The van der Waals surface area contributed by atoms with Crippen molar-refractivity contribution in [1.82, 2.24) is 5.32 Å². The number of nitrogens with one attached hydrogen (secondary N) is 1. The first kappa shape index (κ1) is 13.7. The summed E-state index contributed by atoms with van der Waals surface area (Å²) in [6.07, 6.45) is -0.574. The fraction of sp³-hybridized carbons (Fsp3) is 0.231. The molecule has 0 aliphatic carbocycles. The molecular weight excluding hydrogens is 264 g/mol. The lowest BCUT2D eigenvalue weighted by Gasteiger charge is -2.11. The molecule has 1 aromatic carbocycles. The number of aliphatic hydroxyl groups is 1. The number of hydrogen-bond acceptors (Lipinski definition) is 5. The number of nitrogens with zero attached hydrogens (tertiary/aromatic N) is 1. The quantitative estimate of drug-likeness (QED) is 0.628. The highest BCUT2D eigenvalue weighted by Gasteiger charge is 2.10. The van der Waals surface area contributed by atoms with Crippen LogP contribution in [0.15, 0.2) is 41.8 Å². The maximum Gasteiger partial charge on any atom is 0.324 e. The molecule has 0 radical (unpaired) electrons. The molecule has 0 amide bonds. The molecule has 0 spiro atoms. The lowest BCUT2D eigenvalue weighted by atomic mass is 10.1. The van der Waals surface area contributed by atoms with Gasteiger partial charge in [0, 0.05) is 24.5 Å². The van der Waals surface area contributed by atoms with Gasteiger partial charge >= 0.3 is 5.00 Å². The van der Waals surface area contributed by atoms with Gasteiger partial charge in [-0.15, -0.1) is 0 Å². The van der Waals surface area contributed by atoms with E-state index in [1.807, 2.05) is 30.3 Å². The van der Waals surface area contributed by atoms with Crippen LogP contribution >= 0.6 is 11.3 Å². The van der Waals surface area contributed by atoms with E-state index in [9.17, 15) is 15.2 Å². The van der Waals surface area contributed by atoms with Gasteiger partial charge in [-0.25, -0.2) is 0 Å². The van der Waals surface area contributed by atoms with E-state index >= 15 is 0 Å². The fourth-order valence-electron chi connectivity index (χ4n) is 1.70. The fourth-order valence-corrected chi connectivity index (χ4v) is 2.43. The van der Waals surface area contributed by atoms with Crippen LogP contribution in [0.25, 0.3) is 0 Å². The van der Waals surface area contributed by atoms with Crippen molar-refractivity contribution in [3.63, 3.8) is 0 Å². The predicted molar refractivity (Wildman–Crippen MR) is 74.1 cm³/mol. The van der Waals surface area contributed by atoms with Gasteiger partial charge < -0.3 is 10.4 Å². The summed E-state index contributed by atoms with van der Waals surface area (Å²) in [5.41, 5.74) is 1.71. The van der Waals surface area contributed by atoms with Gasteiger partial charge in [-0.3, -0.25) is 10.1 Å². The minimum absolute atomic E-state index is 0.139. The molecule has 0 saturated heterocycles. The van der Waals surface area contributed by atoms with E-state index in [0.29, 0.717) is 13.1 Å². The first-order valence-corrected chi connectivity index (χ1v) is 6.70. The average molecular weight is 278 g/mol. The van der Waals surface area contributed by atoms with E-state index in [1.54, 1.807) is 11.4 Å². The smallest absolute Gasteiger partial charge is 0.324 e. The minimum atomic E-state index is -0.574. The summed E-state index contributed by atoms with van der Waals surface area (Å²) in [6.45, 7) is 0.919. The molecule has 2 rings (SSSR count). The molecule has 1 atom stereocenters. The van der Waals surface area contributed by atoms with Gasteiger partial charge in [-0.05, 0) is 11.1 Å². The molecule has 2 aromatic rings. The van der Waals surface area contributed by atoms with Gasteiger partial charge in [-0.2, -0.15) is 0 Å². The normalized spacial score (nSPS) is 12.3. The molecule has 2 N–H and O–H groups in total. The Morgan fingerprint density at radius 3 is 2.74 bits per heavy atom. The van der Waals surface area contributed by atoms with Gasteiger partial charge in [0.2, 0.25) is 0 Å². The van der Waals surface area contributed by atoms with Crippen molar-refractivity contribution in [2.45, 2.75) is 12.6 Å². The van der Waals surface area contributed by atoms with Gasteiger partial charge in [0.25, 0.3) is 0 Å². The van der Waals surface area contributed by atoms with Gasteiger partial charge in [0.1, 0.15) is 0 Å². The van der Waals surface area contributed by atoms with Crippen LogP contribution < -0.4 is 5.32 Å². The minimum Gasteiger partial charge on any atom is -0.387 e. The Hall–Kier alpha value is -1.76. The van der Waals surface area contributed by atoms with Gasteiger partial charge in [0.05, 0.1) is 11.0 Å². The lowest BCUT2D eigenvalue weighted by molar-refractivity contribution is -0.380. The van der Waals surface area contributed by atoms with E-state index < -0.39 is 11.0 Å². The van der Waals surface area contributed by atoms with Gasteiger partial charge in [-0.1, -0.05) is 41.7 Å². The summed E-state index contributed by atoms with van der Waals surface area (Å²) in [6, 6.07) is 10.9. The molecule has 6 heteroatoms. The Kier molecular flexibility index (Phi) is 4.62. The van der Waals surface area contributed by atoms with Crippen molar-refractivity contribution in [2.24, 2.45) is 0 Å². The van der Waals surface area contributed by atoms with Crippen LogP contribution in [0.4, 0.5) is 5.00 Å². The lowest BCUT2D eigenvalue weighted by Crippen LogP contribution is -2.20. The molecule has 0 aliphatic heterocycles. The highest BCUT2D eigenvalue weighted by atomic mass is 32.1. The third kappa shape index (κ3) is 3.85. The Morgan fingerprint density at radius 1 is 1.37 bits per heavy atom. The zero-order valence-electron chi connectivity index (χ0n) is 10.2. The second-order valence-corrected chi connectivity index (χ2v) is 5.00. The predicted octanol–water partition coefficient (Wildman–Crippen LogP) is 2.48. The average Bonchev–Trinajstić information content (AvgIpc) is 2.89. The molecule has 0 saturated carbocycles. The van der Waals surface area contributed by atoms with Crippen LogP contribution in [0.1, 0.15) is 17.2 Å². The molecule has 5 nitrogen and oxygen atoms in total. The Balaban J connectivity index is 1.81. The largest absolute Gasteiger partial charge is 0.387 e. The maximum atomic E-state index is 10.5. The highest BCUT2D eigenvalue weighted by Crippen LogP contribution is 2.22. The van der Waals surface area contributed by atoms with Crippen LogP contribution in [0.2, 0.25) is 0 Å². The Labute approximate surface area is 114 Å². The SMILES string of the molecule is O=[N+]([O-])c1cc(CNCC(O)c2ccccc2)cs1. The van der Waals surface area contributed by atoms with E-state index in [4.69, 9.17) is 0 Å². The van der Waals surface area contributed by atoms with Crippen molar-refractivity contribution in [2.75, 3.05) is 6.54 Å². The summed E-state index contributed by atoms with van der Waals surface area (Å²) in [5.74, 6) is 0. The first-order valence-electron chi connectivity index (χ1n) is 5.82. The summed E-state index contributed by atoms with van der Waals surface area (Å²) >= 11 is 1.11. The standard InChI is InChI=1S/C13H14N2O3S/c16-12(11-4-2-1-3-5-11)8-14-7-10-6-13(15(17)18)19-9-10/h1-6,9,12,14,16H,7-8H2. The Bertz CT molecular complexity index is 542. The number of aliphatic hydroxyl groups excluding tert-OH is 1. The first-order chi connectivity index (χ1) is 9.16. The molecule has 0 fully saturated rings. The topological polar surface area (TPSA) is 75.4 Å². The molecule has 1 unspecified atom stereocenters. The van der Waals surface area contributed by atoms with Crippen molar-refractivity contribution in [1.29, 1.82) is 0 Å². The van der Waals surface area contributed by atoms with Crippen LogP contribution in [-0.2, 0) is 6.54 Å². The molecule has 0 aliphatic rings. The van der Waals surface area contributed by atoms with Crippen LogP contribution in [0.3, 0.4) is 0 Å². The van der Waals surface area contributed by atoms with Crippen LogP contribution in [0, 0.1) is 10.1 Å². The summed E-state index contributed by atoms with van der Waals surface area (Å²) in [5, 5.41) is 25.4. The highest BCUT2D eigenvalue weighted by molar-refractivity contribution is 7.13. The molecule has 1 aromatic heterocycles. The second-order valence-electron chi connectivity index (χ2n) is 4.11. The molecule has 100 valence electrons. The number of hydrogen-bond donors (Lipinski definition) is 2. The van der Waals surface area contributed by atoms with E-state index in [2.05, 4.69) is 5.32 Å². The number of thiophene rings is 1. The van der Waals surface area contributed by atoms with Crippen molar-refractivity contribution in [3.8, 4) is 0 Å². The number of rotatable bonds is 6. The summed E-state index contributed by atoms with van der Waals surface area (Å²) in [7, 11) is 0. The molecule has 0 bridgehead atoms. The van der Waals surface area contributed by atoms with E-state index in [0.717, 1.165) is 22.5 Å². The van der Waals surface area contributed by atoms with Crippen LogP contribution in [-0.4, -0.2) is 16.6 Å². The monoisotopic (exact) mass is 278 g/mol. The van der Waals surface area contributed by atoms with Crippen molar-refractivity contribution >= 4 is 16.3 Å². The third-order valence-corrected chi connectivity index (χ3v) is 3.60. The molecule has 1 heterocycles. The van der Waals surface area contributed by atoms with Crippen molar-refractivity contribution in [3.05, 3.63) is 63.0 Å². The van der Waals surface area contributed by atoms with E-state index in [-0.39, 0.29) is 5.00 Å². The Morgan fingerprint density at radius 2 is 2.11 bits per heavy atom. The zero-order chi connectivity index (χ0) is 13.7.